The maximum atomic E-state index is 13.0. The van der Waals surface area contributed by atoms with Crippen molar-refractivity contribution in [1.82, 2.24) is 0 Å². The van der Waals surface area contributed by atoms with Crippen molar-refractivity contribution < 1.29 is 14.5 Å². The Kier molecular flexibility index (Phi) is 5.08. The molecule has 0 aliphatic carbocycles. The Balaban J connectivity index is 1.40. The molecule has 2 saturated heterocycles. The van der Waals surface area contributed by atoms with Gasteiger partial charge in [-0.1, -0.05) is 48.5 Å². The van der Waals surface area contributed by atoms with Gasteiger partial charge in [-0.05, 0) is 49.3 Å². The number of quaternary nitrogens is 1. The lowest BCUT2D eigenvalue weighted by Gasteiger charge is -2.32. The van der Waals surface area contributed by atoms with Gasteiger partial charge in [-0.2, -0.15) is 0 Å². The number of hydrogen-bond acceptors (Lipinski definition) is 2. The molecule has 4 rings (SSSR count). The van der Waals surface area contributed by atoms with Crippen LogP contribution in [0, 0.1) is 12.8 Å². The van der Waals surface area contributed by atoms with E-state index in [1.165, 1.54) is 15.4 Å². The number of anilines is 1. The first-order valence-electron chi connectivity index (χ1n) is 9.94. The maximum Gasteiger partial charge on any atom is 0.292 e. The number of nitrogens with zero attached hydrogens (tertiary/aromatic N) is 1. The number of hydrogen-bond donors (Lipinski definition) is 1. The second-order valence-electron chi connectivity index (χ2n) is 7.90. The quantitative estimate of drug-likeness (QED) is 0.846. The first-order valence-corrected chi connectivity index (χ1v) is 9.94. The van der Waals surface area contributed by atoms with E-state index in [2.05, 4.69) is 30.3 Å². The van der Waals surface area contributed by atoms with Crippen LogP contribution in [-0.4, -0.2) is 30.9 Å². The van der Waals surface area contributed by atoms with Crippen LogP contribution in [0.4, 0.5) is 5.69 Å². The topological polar surface area (TPSA) is 41.8 Å². The molecule has 0 unspecified atom stereocenters. The van der Waals surface area contributed by atoms with Crippen molar-refractivity contribution >= 4 is 17.5 Å². The van der Waals surface area contributed by atoms with Gasteiger partial charge in [0.2, 0.25) is 5.91 Å². The number of likely N-dealkylation sites (tertiary alicyclic amines) is 1. The molecular weight excluding hydrogens is 336 g/mol. The second-order valence-corrected chi connectivity index (χ2v) is 7.90. The molecule has 2 aliphatic rings. The van der Waals surface area contributed by atoms with Gasteiger partial charge < -0.3 is 4.90 Å². The molecule has 4 heteroatoms. The highest BCUT2D eigenvalue weighted by Gasteiger charge is 2.46. The van der Waals surface area contributed by atoms with Gasteiger partial charge in [0.15, 0.2) is 6.04 Å². The van der Waals surface area contributed by atoms with E-state index in [4.69, 9.17) is 0 Å². The van der Waals surface area contributed by atoms with E-state index in [0.29, 0.717) is 12.3 Å². The predicted octanol–water partition coefficient (Wildman–Crippen LogP) is 2.16. The van der Waals surface area contributed by atoms with Gasteiger partial charge in [-0.25, -0.2) is 4.90 Å². The maximum absolute atomic E-state index is 13.0. The van der Waals surface area contributed by atoms with E-state index in [1.807, 2.05) is 31.2 Å². The average Bonchev–Trinajstić information content (AvgIpc) is 2.98. The van der Waals surface area contributed by atoms with Crippen LogP contribution in [0.3, 0.4) is 0 Å². The molecule has 0 saturated carbocycles. The van der Waals surface area contributed by atoms with E-state index in [9.17, 15) is 9.59 Å². The molecule has 0 spiro atoms. The molecule has 2 fully saturated rings. The number of nitrogens with one attached hydrogen (secondary N) is 1. The molecule has 1 N–H and O–H groups in total. The normalized spacial score (nSPS) is 25.8. The minimum atomic E-state index is -0.213. The second kappa shape index (κ2) is 7.65. The van der Waals surface area contributed by atoms with E-state index >= 15 is 0 Å². The van der Waals surface area contributed by atoms with E-state index in [1.54, 1.807) is 0 Å². The number of amides is 2. The lowest BCUT2D eigenvalue weighted by Crippen LogP contribution is -3.17. The fraction of sp³-hybridized carbons (Fsp3) is 0.391. The number of aryl methyl sites for hydroxylation is 1. The molecular formula is C23H27N2O2+. The molecule has 2 aromatic carbocycles. The summed E-state index contributed by atoms with van der Waals surface area (Å²) in [6.07, 6.45) is 3.69. The highest BCUT2D eigenvalue weighted by atomic mass is 16.2. The zero-order chi connectivity index (χ0) is 18.8. The first kappa shape index (κ1) is 17.9. The summed E-state index contributed by atoms with van der Waals surface area (Å²) < 4.78 is 0. The highest BCUT2D eigenvalue weighted by Crippen LogP contribution is 2.26. The molecule has 0 aromatic heterocycles. The van der Waals surface area contributed by atoms with Gasteiger partial charge >= 0.3 is 0 Å². The molecule has 2 heterocycles. The van der Waals surface area contributed by atoms with Crippen molar-refractivity contribution in [2.24, 2.45) is 5.92 Å². The van der Waals surface area contributed by atoms with Crippen LogP contribution in [0.2, 0.25) is 0 Å². The van der Waals surface area contributed by atoms with Gasteiger partial charge in [-0.15, -0.1) is 0 Å². The molecule has 0 radical (unpaired) electrons. The fourth-order valence-corrected chi connectivity index (χ4v) is 4.57. The third kappa shape index (κ3) is 3.67. The minimum Gasteiger partial charge on any atom is -0.324 e. The Bertz CT molecular complexity index is 825. The van der Waals surface area contributed by atoms with Crippen molar-refractivity contribution in [3.05, 3.63) is 65.7 Å². The lowest BCUT2D eigenvalue weighted by molar-refractivity contribution is -0.920. The van der Waals surface area contributed by atoms with Crippen molar-refractivity contribution in [2.45, 2.75) is 38.6 Å². The summed E-state index contributed by atoms with van der Waals surface area (Å²) in [6.45, 7) is 3.90. The summed E-state index contributed by atoms with van der Waals surface area (Å²) in [5.74, 6) is 0.597. The van der Waals surface area contributed by atoms with Gasteiger partial charge in [-0.3, -0.25) is 9.59 Å². The van der Waals surface area contributed by atoms with Crippen LogP contribution in [0.5, 0.6) is 0 Å². The number of para-hydroxylation sites is 1. The Morgan fingerprint density at radius 2 is 1.63 bits per heavy atom. The third-order valence-electron chi connectivity index (χ3n) is 6.11. The van der Waals surface area contributed by atoms with Gasteiger partial charge in [0.1, 0.15) is 0 Å². The monoisotopic (exact) mass is 363 g/mol. The number of rotatable bonds is 4. The SMILES string of the molecule is Cc1ccccc1N1C(=O)C[C@H]([NH+]2CCC(Cc3ccccc3)CC2)C1=O. The number of piperidine rings is 1. The molecule has 140 valence electrons. The number of carbonyl (C=O) groups excluding carboxylic acids is 2. The predicted molar refractivity (Wildman–Crippen MR) is 106 cm³/mol. The van der Waals surface area contributed by atoms with Gasteiger partial charge in [0.25, 0.3) is 5.91 Å². The van der Waals surface area contributed by atoms with Crippen LogP contribution >= 0.6 is 0 Å². The first-order chi connectivity index (χ1) is 13.1. The zero-order valence-electron chi connectivity index (χ0n) is 15.9. The number of carbonyl (C=O) groups is 2. The van der Waals surface area contributed by atoms with E-state index in [0.717, 1.165) is 43.6 Å². The van der Waals surface area contributed by atoms with E-state index in [-0.39, 0.29) is 17.9 Å². The Morgan fingerprint density at radius 3 is 2.33 bits per heavy atom. The molecule has 4 nitrogen and oxygen atoms in total. The Labute approximate surface area is 160 Å². The van der Waals surface area contributed by atoms with Crippen molar-refractivity contribution in [3.8, 4) is 0 Å². The molecule has 0 bridgehead atoms. The lowest BCUT2D eigenvalue weighted by atomic mass is 9.89. The average molecular weight is 363 g/mol. The molecule has 2 aromatic rings. The standard InChI is InChI=1S/C23H26N2O2/c1-17-7-5-6-10-20(17)25-22(26)16-21(23(25)27)24-13-11-19(12-14-24)15-18-8-3-2-4-9-18/h2-10,19,21H,11-16H2,1H3/p+1/t21-/m0/s1. The largest absolute Gasteiger partial charge is 0.324 e. The fourth-order valence-electron chi connectivity index (χ4n) is 4.57. The third-order valence-corrected chi connectivity index (χ3v) is 6.11. The van der Waals surface area contributed by atoms with E-state index < -0.39 is 0 Å². The van der Waals surface area contributed by atoms with Crippen LogP contribution in [0.25, 0.3) is 0 Å². The van der Waals surface area contributed by atoms with Crippen LogP contribution in [0.15, 0.2) is 54.6 Å². The summed E-state index contributed by atoms with van der Waals surface area (Å²) in [7, 11) is 0. The molecule has 27 heavy (non-hydrogen) atoms. The Morgan fingerprint density at radius 1 is 0.963 bits per heavy atom. The summed E-state index contributed by atoms with van der Waals surface area (Å²) in [6, 6.07) is 18.1. The number of benzene rings is 2. The van der Waals surface area contributed by atoms with Crippen LogP contribution < -0.4 is 9.80 Å². The smallest absolute Gasteiger partial charge is 0.292 e. The Hall–Kier alpha value is -2.46. The molecule has 2 aliphatic heterocycles. The van der Waals surface area contributed by atoms with Crippen molar-refractivity contribution in [1.29, 1.82) is 0 Å². The summed E-state index contributed by atoms with van der Waals surface area (Å²) >= 11 is 0. The van der Waals surface area contributed by atoms with Gasteiger partial charge in [0, 0.05) is 0 Å². The van der Waals surface area contributed by atoms with Crippen molar-refractivity contribution in [2.75, 3.05) is 18.0 Å². The van der Waals surface area contributed by atoms with Gasteiger partial charge in [0.05, 0.1) is 25.2 Å². The van der Waals surface area contributed by atoms with Crippen LogP contribution in [0.1, 0.15) is 30.4 Å². The van der Waals surface area contributed by atoms with Crippen LogP contribution in [-0.2, 0) is 16.0 Å². The number of imide groups is 1. The molecule has 1 atom stereocenters. The summed E-state index contributed by atoms with van der Waals surface area (Å²) in [4.78, 5) is 28.3. The minimum absolute atomic E-state index is 0.0224. The summed E-state index contributed by atoms with van der Waals surface area (Å²) in [5, 5.41) is 0. The zero-order valence-corrected chi connectivity index (χ0v) is 15.9. The highest BCUT2D eigenvalue weighted by molar-refractivity contribution is 6.22. The molecule has 2 amide bonds. The van der Waals surface area contributed by atoms with Crippen molar-refractivity contribution in [3.63, 3.8) is 0 Å². The summed E-state index contributed by atoms with van der Waals surface area (Å²) in [5.41, 5.74) is 3.11.